The molecule has 6 aromatic rings. The summed E-state index contributed by atoms with van der Waals surface area (Å²) in [4.78, 5) is 87.2. The fourth-order valence-electron chi connectivity index (χ4n) is 8.62. The highest BCUT2D eigenvalue weighted by Crippen LogP contribution is 2.41. The van der Waals surface area contributed by atoms with Crippen molar-refractivity contribution in [2.75, 3.05) is 0 Å². The van der Waals surface area contributed by atoms with Crippen molar-refractivity contribution in [3.63, 3.8) is 0 Å². The number of cyclic esters (lactones) is 2. The monoisotopic (exact) mass is 810 g/mol. The Hall–Kier alpha value is -7.04. The maximum atomic E-state index is 13.5. The Balaban J connectivity index is 0.810. The quantitative estimate of drug-likeness (QED) is 0.173. The Bertz CT molecular complexity index is 2890. The molecule has 2 atom stereocenters. The van der Waals surface area contributed by atoms with Crippen LogP contribution in [0, 0.1) is 0 Å². The topological polar surface area (TPSA) is 215 Å². The molecule has 0 amide bonds. The summed E-state index contributed by atoms with van der Waals surface area (Å²) in [6.07, 6.45) is -0.453. The smallest absolute Gasteiger partial charge is 0.343 e. The molecule has 4 aromatic heterocycles. The summed E-state index contributed by atoms with van der Waals surface area (Å²) in [6, 6.07) is 16.7. The molecule has 0 radical (unpaired) electrons. The summed E-state index contributed by atoms with van der Waals surface area (Å²) in [7, 11) is 0. The maximum absolute atomic E-state index is 13.5. The van der Waals surface area contributed by atoms with E-state index >= 15 is 0 Å². The lowest BCUT2D eigenvalue weighted by Crippen LogP contribution is -2.44. The Morgan fingerprint density at radius 3 is 1.47 bits per heavy atom. The zero-order valence-corrected chi connectivity index (χ0v) is 32.2. The highest BCUT2D eigenvalue weighted by atomic mass is 16.6. The van der Waals surface area contributed by atoms with Gasteiger partial charge in [0.15, 0.2) is 11.2 Å². The van der Waals surface area contributed by atoms with Crippen LogP contribution in [0.5, 0.6) is 11.5 Å². The maximum Gasteiger partial charge on any atom is 0.343 e. The average Bonchev–Trinajstić information content (AvgIpc) is 3.79. The van der Waals surface area contributed by atoms with E-state index in [1.165, 1.54) is 9.13 Å². The van der Waals surface area contributed by atoms with Gasteiger partial charge in [-0.15, -0.1) is 0 Å². The Kier molecular flexibility index (Phi) is 8.22. The molecule has 0 spiro atoms. The van der Waals surface area contributed by atoms with Crippen LogP contribution in [0.1, 0.15) is 72.9 Å². The van der Waals surface area contributed by atoms with Crippen molar-refractivity contribution in [3.05, 3.63) is 115 Å². The molecule has 8 heterocycles. The van der Waals surface area contributed by atoms with Gasteiger partial charge in [0.2, 0.25) is 0 Å². The van der Waals surface area contributed by atoms with E-state index < -0.39 is 35.1 Å². The van der Waals surface area contributed by atoms with Gasteiger partial charge in [0.05, 0.1) is 70.9 Å². The summed E-state index contributed by atoms with van der Waals surface area (Å²) in [5, 5.41) is 23.5. The number of ether oxygens (including phenoxy) is 4. The van der Waals surface area contributed by atoms with E-state index in [1.807, 2.05) is 12.1 Å². The number of carbonyl (C=O) groups excluding carboxylic acids is 4. The van der Waals surface area contributed by atoms with Crippen LogP contribution in [-0.4, -0.2) is 53.2 Å². The number of hydrogen-bond donors (Lipinski definition) is 2. The van der Waals surface area contributed by atoms with Crippen molar-refractivity contribution in [1.82, 2.24) is 19.1 Å². The first kappa shape index (κ1) is 37.2. The minimum Gasteiger partial charge on any atom is -0.458 e. The molecule has 4 aliphatic heterocycles. The van der Waals surface area contributed by atoms with Crippen LogP contribution >= 0.6 is 0 Å². The molecule has 2 N–H and O–H groups in total. The number of pyridine rings is 4. The van der Waals surface area contributed by atoms with E-state index in [0.717, 1.165) is 11.1 Å². The van der Waals surface area contributed by atoms with Gasteiger partial charge in [-0.1, -0.05) is 13.8 Å². The normalized spacial score (nSPS) is 19.4. The molecule has 60 heavy (non-hydrogen) atoms. The third kappa shape index (κ3) is 5.51. The predicted molar refractivity (Wildman–Crippen MR) is 210 cm³/mol. The van der Waals surface area contributed by atoms with Crippen LogP contribution in [0.25, 0.3) is 44.6 Å². The molecule has 16 heteroatoms. The molecule has 4 aliphatic rings. The first-order valence-electron chi connectivity index (χ1n) is 19.4. The van der Waals surface area contributed by atoms with Crippen molar-refractivity contribution in [1.29, 1.82) is 0 Å². The zero-order valence-electron chi connectivity index (χ0n) is 32.2. The number of carbonyl (C=O) groups is 4. The third-order valence-corrected chi connectivity index (χ3v) is 12.0. The summed E-state index contributed by atoms with van der Waals surface area (Å²) in [5.41, 5.74) is 0.936. The first-order chi connectivity index (χ1) is 28.8. The van der Waals surface area contributed by atoms with E-state index in [9.17, 15) is 39.0 Å². The number of hydrogen-bond acceptors (Lipinski definition) is 14. The van der Waals surface area contributed by atoms with E-state index in [2.05, 4.69) is 0 Å². The molecule has 0 bridgehead atoms. The second kappa shape index (κ2) is 13.2. The molecule has 0 saturated carbocycles. The molecule has 0 fully saturated rings. The van der Waals surface area contributed by atoms with Crippen molar-refractivity contribution in [3.8, 4) is 34.3 Å². The Morgan fingerprint density at radius 1 is 0.650 bits per heavy atom. The van der Waals surface area contributed by atoms with E-state index in [4.69, 9.17) is 28.9 Å². The summed E-state index contributed by atoms with van der Waals surface area (Å²) >= 11 is 0. The number of aromatic nitrogens is 4. The highest BCUT2D eigenvalue weighted by molar-refractivity contribution is 5.90. The predicted octanol–water partition coefficient (Wildman–Crippen LogP) is 3.76. The molecule has 10 rings (SSSR count). The highest BCUT2D eigenvalue weighted by Gasteiger charge is 2.46. The van der Waals surface area contributed by atoms with Crippen molar-refractivity contribution in [2.24, 2.45) is 0 Å². The van der Waals surface area contributed by atoms with Gasteiger partial charge < -0.3 is 38.3 Å². The van der Waals surface area contributed by atoms with E-state index in [0.29, 0.717) is 44.6 Å². The van der Waals surface area contributed by atoms with Crippen molar-refractivity contribution in [2.45, 2.75) is 77.0 Å². The van der Waals surface area contributed by atoms with Crippen LogP contribution in [-0.2, 0) is 66.2 Å². The largest absolute Gasteiger partial charge is 0.458 e. The lowest BCUT2D eigenvalue weighted by Gasteiger charge is -2.31. The van der Waals surface area contributed by atoms with Crippen LogP contribution < -0.4 is 20.6 Å². The standard InChI is InChI=1S/C44H34N4O12/c1-3-43(55)29-15-33-37-23(17-47(33)39(51)27(29)19-57-41(43)53)11-21-13-25(5-7-31(21)45-37)59-35(49)9-10-36(50)60-26-6-8-32-22(14-26)12-24-18-48-34(38(24)46-32)16-30-28(40(48)52)20-58-42(54)44(30,56)4-2/h5-8,11-16,55-56H,3-4,9-10,17-20H2,1-2H3. The van der Waals surface area contributed by atoms with Gasteiger partial charge in [0.1, 0.15) is 24.7 Å². The van der Waals surface area contributed by atoms with Crippen LogP contribution in [0.15, 0.2) is 70.3 Å². The van der Waals surface area contributed by atoms with Gasteiger partial charge in [-0.3, -0.25) is 19.2 Å². The number of fused-ring (bicyclic) bond motifs is 10. The minimum atomic E-state index is -1.93. The Morgan fingerprint density at radius 2 is 1.07 bits per heavy atom. The molecule has 2 aromatic carbocycles. The van der Waals surface area contributed by atoms with Gasteiger partial charge in [0.25, 0.3) is 11.1 Å². The van der Waals surface area contributed by atoms with Gasteiger partial charge in [-0.25, -0.2) is 19.6 Å². The number of aliphatic hydroxyl groups is 2. The first-order valence-corrected chi connectivity index (χ1v) is 19.4. The number of esters is 4. The molecule has 302 valence electrons. The summed E-state index contributed by atoms with van der Waals surface area (Å²) in [5.74, 6) is -2.44. The molecule has 2 unspecified atom stereocenters. The van der Waals surface area contributed by atoms with Gasteiger partial charge in [-0.05, 0) is 73.5 Å². The minimum absolute atomic E-state index is 0.0355. The van der Waals surface area contributed by atoms with Gasteiger partial charge in [-0.2, -0.15) is 0 Å². The fraction of sp³-hybridized carbons (Fsp3) is 0.273. The lowest BCUT2D eigenvalue weighted by molar-refractivity contribution is -0.172. The SMILES string of the molecule is CCC1(O)C(=O)OCc2c1cc1n(c2=O)Cc2cc3cc(OC(=O)CCC(=O)Oc4ccc5nc6c(cc5c4)Cn4c-6cc5c(c4=O)COC(=O)C5(O)CC)ccc3nc2-1. The lowest BCUT2D eigenvalue weighted by atomic mass is 9.86. The zero-order chi connectivity index (χ0) is 41.8. The Labute approximate surface area is 338 Å². The molecule has 0 saturated heterocycles. The number of rotatable bonds is 7. The van der Waals surface area contributed by atoms with Gasteiger partial charge >= 0.3 is 23.9 Å². The average molecular weight is 811 g/mol. The third-order valence-electron chi connectivity index (χ3n) is 12.0. The van der Waals surface area contributed by atoms with E-state index in [1.54, 1.807) is 62.4 Å². The summed E-state index contributed by atoms with van der Waals surface area (Å²) < 4.78 is 24.5. The molecular formula is C44H34N4O12. The molecular weight excluding hydrogens is 776 g/mol. The van der Waals surface area contributed by atoms with Crippen LogP contribution in [0.4, 0.5) is 0 Å². The molecule has 16 nitrogen and oxygen atoms in total. The van der Waals surface area contributed by atoms with Crippen LogP contribution in [0.2, 0.25) is 0 Å². The summed E-state index contributed by atoms with van der Waals surface area (Å²) in [6.45, 7) is 3.25. The van der Waals surface area contributed by atoms with Gasteiger partial charge in [0, 0.05) is 33.0 Å². The van der Waals surface area contributed by atoms with Crippen LogP contribution in [0.3, 0.4) is 0 Å². The van der Waals surface area contributed by atoms with Crippen molar-refractivity contribution >= 4 is 45.7 Å². The van der Waals surface area contributed by atoms with E-state index in [-0.39, 0.29) is 96.9 Å². The number of nitrogens with zero attached hydrogens (tertiary/aromatic N) is 4. The second-order valence-corrected chi connectivity index (χ2v) is 15.4. The number of benzene rings is 2. The molecule has 0 aliphatic carbocycles. The fourth-order valence-corrected chi connectivity index (χ4v) is 8.62. The van der Waals surface area contributed by atoms with Crippen molar-refractivity contribution < 1.29 is 48.3 Å². The second-order valence-electron chi connectivity index (χ2n) is 15.4.